The van der Waals surface area contributed by atoms with Crippen molar-refractivity contribution in [3.05, 3.63) is 70.5 Å². The zero-order valence-electron chi connectivity index (χ0n) is 20.7. The molecule has 0 radical (unpaired) electrons. The molecule has 2 N–H and O–H groups in total. The highest BCUT2D eigenvalue weighted by Crippen LogP contribution is 2.26. The number of hydrogen-bond acceptors (Lipinski definition) is 5. The van der Waals surface area contributed by atoms with E-state index >= 15 is 0 Å². The molecule has 1 atom stereocenters. The van der Waals surface area contributed by atoms with Gasteiger partial charge in [-0.3, -0.25) is 9.59 Å². The fourth-order valence-electron chi connectivity index (χ4n) is 3.71. The molecular formula is C26H33N5O2S. The zero-order valence-corrected chi connectivity index (χ0v) is 21.5. The smallest absolute Gasteiger partial charge is 0.251 e. The minimum Gasteiger partial charge on any atom is -0.342 e. The second kappa shape index (κ2) is 11.3. The van der Waals surface area contributed by atoms with Crippen molar-refractivity contribution in [3.63, 3.8) is 0 Å². The predicted molar refractivity (Wildman–Crippen MR) is 137 cm³/mol. The first-order valence-corrected chi connectivity index (χ1v) is 12.5. The van der Waals surface area contributed by atoms with Gasteiger partial charge in [-0.15, -0.1) is 10.2 Å². The number of rotatable bonds is 9. The van der Waals surface area contributed by atoms with Crippen LogP contribution in [0.15, 0.2) is 47.6 Å². The van der Waals surface area contributed by atoms with Gasteiger partial charge in [0.05, 0.1) is 11.8 Å². The van der Waals surface area contributed by atoms with E-state index in [2.05, 4.69) is 20.8 Å². The number of nitrogens with one attached hydrogen (secondary N) is 2. The predicted octanol–water partition coefficient (Wildman–Crippen LogP) is 5.08. The van der Waals surface area contributed by atoms with Gasteiger partial charge in [-0.25, -0.2) is 0 Å². The van der Waals surface area contributed by atoms with E-state index in [1.807, 2.05) is 88.6 Å². The third-order valence-electron chi connectivity index (χ3n) is 5.68. The minimum atomic E-state index is -0.306. The van der Waals surface area contributed by atoms with E-state index in [4.69, 9.17) is 0 Å². The van der Waals surface area contributed by atoms with Gasteiger partial charge in [0.25, 0.3) is 5.91 Å². The fourth-order valence-corrected chi connectivity index (χ4v) is 4.52. The van der Waals surface area contributed by atoms with Crippen molar-refractivity contribution in [3.8, 4) is 0 Å². The maximum atomic E-state index is 12.9. The molecule has 1 aromatic heterocycles. The number of aryl methyl sites for hydroxylation is 3. The van der Waals surface area contributed by atoms with Crippen LogP contribution in [0.5, 0.6) is 0 Å². The first kappa shape index (κ1) is 25.5. The lowest BCUT2D eigenvalue weighted by atomic mass is 10.0. The highest BCUT2D eigenvalue weighted by molar-refractivity contribution is 7.99. The molecule has 180 valence electrons. The lowest BCUT2D eigenvalue weighted by Crippen LogP contribution is -2.33. The summed E-state index contributed by atoms with van der Waals surface area (Å²) in [6.45, 7) is 12.7. The Labute approximate surface area is 205 Å². The number of aromatic nitrogens is 3. The summed E-state index contributed by atoms with van der Waals surface area (Å²) in [5.74, 6) is 0.771. The average molecular weight is 480 g/mol. The minimum absolute atomic E-state index is 0.0947. The SMILES string of the molecule is CCn1c(SCC(=O)Nc2c(C)cccc2C)nnc1C(NC(=O)c1ccc(C)cc1)C(C)C. The summed E-state index contributed by atoms with van der Waals surface area (Å²) in [7, 11) is 0. The lowest BCUT2D eigenvalue weighted by Gasteiger charge is -2.22. The number of thioether (sulfide) groups is 1. The van der Waals surface area contributed by atoms with Crippen molar-refractivity contribution < 1.29 is 9.59 Å². The van der Waals surface area contributed by atoms with Crippen molar-refractivity contribution >= 4 is 29.3 Å². The molecule has 0 aliphatic carbocycles. The van der Waals surface area contributed by atoms with Crippen molar-refractivity contribution in [1.82, 2.24) is 20.1 Å². The molecule has 0 saturated heterocycles. The maximum absolute atomic E-state index is 12.9. The number of hydrogen-bond donors (Lipinski definition) is 2. The normalized spacial score (nSPS) is 12.0. The molecule has 2 amide bonds. The summed E-state index contributed by atoms with van der Waals surface area (Å²) >= 11 is 1.34. The third-order valence-corrected chi connectivity index (χ3v) is 6.65. The Morgan fingerprint density at radius 2 is 1.65 bits per heavy atom. The summed E-state index contributed by atoms with van der Waals surface area (Å²) in [4.78, 5) is 25.5. The summed E-state index contributed by atoms with van der Waals surface area (Å²) in [6, 6.07) is 13.1. The Morgan fingerprint density at radius 3 is 2.24 bits per heavy atom. The van der Waals surface area contributed by atoms with E-state index in [0.29, 0.717) is 23.1 Å². The number of carbonyl (C=O) groups excluding carboxylic acids is 2. The van der Waals surface area contributed by atoms with Crippen LogP contribution in [0, 0.1) is 26.7 Å². The van der Waals surface area contributed by atoms with Gasteiger partial charge in [0, 0.05) is 17.8 Å². The van der Waals surface area contributed by atoms with Crippen LogP contribution in [0.25, 0.3) is 0 Å². The number of para-hydroxylation sites is 1. The van der Waals surface area contributed by atoms with Crippen molar-refractivity contribution in [2.45, 2.75) is 59.3 Å². The van der Waals surface area contributed by atoms with E-state index in [1.54, 1.807) is 0 Å². The van der Waals surface area contributed by atoms with E-state index in [1.165, 1.54) is 11.8 Å². The van der Waals surface area contributed by atoms with E-state index in [0.717, 1.165) is 22.4 Å². The van der Waals surface area contributed by atoms with Gasteiger partial charge in [-0.05, 0) is 56.9 Å². The van der Waals surface area contributed by atoms with Crippen molar-refractivity contribution in [2.24, 2.45) is 5.92 Å². The van der Waals surface area contributed by atoms with Crippen LogP contribution >= 0.6 is 11.8 Å². The molecule has 1 heterocycles. The quantitative estimate of drug-likeness (QED) is 0.418. The molecule has 2 aromatic carbocycles. The molecule has 3 rings (SSSR count). The fraction of sp³-hybridized carbons (Fsp3) is 0.385. The van der Waals surface area contributed by atoms with Crippen LogP contribution in [0.4, 0.5) is 5.69 Å². The van der Waals surface area contributed by atoms with Crippen LogP contribution in [0.1, 0.15) is 59.7 Å². The van der Waals surface area contributed by atoms with Crippen LogP contribution in [-0.2, 0) is 11.3 Å². The topological polar surface area (TPSA) is 88.9 Å². The molecule has 1 unspecified atom stereocenters. The second-order valence-electron chi connectivity index (χ2n) is 8.75. The molecule has 8 heteroatoms. The molecular weight excluding hydrogens is 446 g/mol. The Hall–Kier alpha value is -3.13. The average Bonchev–Trinajstić information content (AvgIpc) is 3.21. The first-order valence-electron chi connectivity index (χ1n) is 11.5. The lowest BCUT2D eigenvalue weighted by molar-refractivity contribution is -0.113. The van der Waals surface area contributed by atoms with E-state index in [-0.39, 0.29) is 29.5 Å². The monoisotopic (exact) mass is 479 g/mol. The third kappa shape index (κ3) is 6.05. The standard InChI is InChI=1S/C26H33N5O2S/c1-7-31-24(22(16(2)3)28-25(33)20-13-11-17(4)12-14-20)29-30-26(31)34-15-21(32)27-23-18(5)9-8-10-19(23)6/h8-14,16,22H,7,15H2,1-6H3,(H,27,32)(H,28,33). The zero-order chi connectivity index (χ0) is 24.8. The number of benzene rings is 2. The Bertz CT molecular complexity index is 1130. The molecule has 0 aliphatic heterocycles. The van der Waals surface area contributed by atoms with Gasteiger partial charge in [-0.1, -0.05) is 61.5 Å². The molecule has 34 heavy (non-hydrogen) atoms. The summed E-state index contributed by atoms with van der Waals surface area (Å²) in [6.07, 6.45) is 0. The summed E-state index contributed by atoms with van der Waals surface area (Å²) in [5, 5.41) is 15.5. The molecule has 0 bridgehead atoms. The van der Waals surface area contributed by atoms with Crippen LogP contribution in [0.2, 0.25) is 0 Å². The number of anilines is 1. The summed E-state index contributed by atoms with van der Waals surface area (Å²) < 4.78 is 1.97. The Balaban J connectivity index is 1.72. The van der Waals surface area contributed by atoms with Crippen LogP contribution < -0.4 is 10.6 Å². The molecule has 0 spiro atoms. The second-order valence-corrected chi connectivity index (χ2v) is 9.69. The van der Waals surface area contributed by atoms with Crippen LogP contribution in [-0.4, -0.2) is 32.3 Å². The highest BCUT2D eigenvalue weighted by Gasteiger charge is 2.26. The Kier molecular flexibility index (Phi) is 8.50. The molecule has 0 aliphatic rings. The van der Waals surface area contributed by atoms with Gasteiger partial charge in [0.15, 0.2) is 11.0 Å². The molecule has 3 aromatic rings. The number of nitrogens with zero attached hydrogens (tertiary/aromatic N) is 3. The van der Waals surface area contributed by atoms with Gasteiger partial charge in [0.2, 0.25) is 5.91 Å². The summed E-state index contributed by atoms with van der Waals surface area (Å²) in [5.41, 5.74) is 4.62. The largest absolute Gasteiger partial charge is 0.342 e. The van der Waals surface area contributed by atoms with Gasteiger partial charge in [-0.2, -0.15) is 0 Å². The highest BCUT2D eigenvalue weighted by atomic mass is 32.2. The molecule has 7 nitrogen and oxygen atoms in total. The van der Waals surface area contributed by atoms with Gasteiger partial charge >= 0.3 is 0 Å². The molecule has 0 fully saturated rings. The maximum Gasteiger partial charge on any atom is 0.251 e. The van der Waals surface area contributed by atoms with Crippen LogP contribution in [0.3, 0.4) is 0 Å². The molecule has 0 saturated carbocycles. The Morgan fingerprint density at radius 1 is 1.00 bits per heavy atom. The van der Waals surface area contributed by atoms with Crippen molar-refractivity contribution in [1.29, 1.82) is 0 Å². The number of amides is 2. The van der Waals surface area contributed by atoms with Crippen molar-refractivity contribution in [2.75, 3.05) is 11.1 Å². The number of carbonyl (C=O) groups is 2. The van der Waals surface area contributed by atoms with Gasteiger partial charge < -0.3 is 15.2 Å². The van der Waals surface area contributed by atoms with E-state index < -0.39 is 0 Å². The first-order chi connectivity index (χ1) is 16.2. The van der Waals surface area contributed by atoms with Gasteiger partial charge in [0.1, 0.15) is 0 Å². The van der Waals surface area contributed by atoms with E-state index in [9.17, 15) is 9.59 Å².